The van der Waals surface area contributed by atoms with Crippen LogP contribution in [-0.2, 0) is 14.8 Å². The van der Waals surface area contributed by atoms with Crippen molar-refractivity contribution in [3.63, 3.8) is 0 Å². The smallest absolute Gasteiger partial charge is 0.248 e. The second-order valence-electron chi connectivity index (χ2n) is 6.11. The summed E-state index contributed by atoms with van der Waals surface area (Å²) in [6, 6.07) is 13.5. The lowest BCUT2D eigenvalue weighted by Crippen LogP contribution is -2.46. The van der Waals surface area contributed by atoms with E-state index < -0.39 is 16.1 Å². The van der Waals surface area contributed by atoms with Gasteiger partial charge in [0, 0.05) is 5.69 Å². The minimum Gasteiger partial charge on any atom is -0.324 e. The van der Waals surface area contributed by atoms with Crippen LogP contribution in [0.3, 0.4) is 0 Å². The first-order valence-corrected chi connectivity index (χ1v) is 10.0. The fraction of sp³-hybridized carbons (Fsp3) is 0.316. The van der Waals surface area contributed by atoms with Gasteiger partial charge in [-0.15, -0.1) is 0 Å². The van der Waals surface area contributed by atoms with E-state index in [9.17, 15) is 13.2 Å². The summed E-state index contributed by atoms with van der Waals surface area (Å²) in [5.74, 6) is -0.347. The van der Waals surface area contributed by atoms with Gasteiger partial charge in [-0.2, -0.15) is 0 Å². The Balaban J connectivity index is 2.34. The van der Waals surface area contributed by atoms with Gasteiger partial charge in [0.15, 0.2) is 0 Å². The van der Waals surface area contributed by atoms with Crippen molar-refractivity contribution in [3.05, 3.63) is 59.7 Å². The largest absolute Gasteiger partial charge is 0.324 e. The molecule has 0 spiro atoms. The summed E-state index contributed by atoms with van der Waals surface area (Å²) in [5, 5.41) is 2.84. The Kier molecular flexibility index (Phi) is 5.85. The molecule has 1 atom stereocenters. The van der Waals surface area contributed by atoms with E-state index in [4.69, 9.17) is 0 Å². The molecule has 0 saturated heterocycles. The van der Waals surface area contributed by atoms with E-state index >= 15 is 0 Å². The number of sulfonamides is 1. The van der Waals surface area contributed by atoms with Crippen LogP contribution in [0.1, 0.15) is 24.5 Å². The number of nitrogens with zero attached hydrogens (tertiary/aromatic N) is 1. The lowest BCUT2D eigenvalue weighted by molar-refractivity contribution is -0.117. The molecule has 2 aromatic carbocycles. The maximum absolute atomic E-state index is 12.8. The van der Waals surface area contributed by atoms with Gasteiger partial charge in [0.25, 0.3) is 0 Å². The van der Waals surface area contributed by atoms with E-state index in [1.54, 1.807) is 37.3 Å². The summed E-state index contributed by atoms with van der Waals surface area (Å²) >= 11 is 0. The van der Waals surface area contributed by atoms with Crippen LogP contribution in [0.2, 0.25) is 0 Å². The summed E-state index contributed by atoms with van der Waals surface area (Å²) in [5.41, 5.74) is 3.33. The minimum absolute atomic E-state index is 0.347. The molecule has 0 heterocycles. The molecule has 1 N–H and O–H groups in total. The Morgan fingerprint density at radius 3 is 2.24 bits per heavy atom. The van der Waals surface area contributed by atoms with Crippen molar-refractivity contribution in [1.82, 2.24) is 0 Å². The Hall–Kier alpha value is -2.34. The maximum Gasteiger partial charge on any atom is 0.248 e. The number of nitrogens with one attached hydrogen (secondary N) is 1. The van der Waals surface area contributed by atoms with E-state index in [1.165, 1.54) is 4.31 Å². The first-order valence-electron chi connectivity index (χ1n) is 8.16. The topological polar surface area (TPSA) is 66.5 Å². The number of anilines is 2. The first kappa shape index (κ1) is 19.0. The number of amides is 1. The van der Waals surface area contributed by atoms with Gasteiger partial charge in [-0.1, -0.05) is 31.2 Å². The van der Waals surface area contributed by atoms with Crippen molar-refractivity contribution in [2.24, 2.45) is 0 Å². The number of hydrogen-bond acceptors (Lipinski definition) is 3. The molecule has 0 saturated carbocycles. The zero-order valence-corrected chi connectivity index (χ0v) is 15.8. The molecule has 1 amide bonds. The van der Waals surface area contributed by atoms with Crippen LogP contribution in [0.5, 0.6) is 0 Å². The van der Waals surface area contributed by atoms with Crippen molar-refractivity contribution in [2.75, 3.05) is 15.9 Å². The number of benzene rings is 2. The predicted octanol–water partition coefficient (Wildman–Crippen LogP) is 3.49. The summed E-state index contributed by atoms with van der Waals surface area (Å²) in [6.07, 6.45) is 1.48. The molecular formula is C19H24N2O3S. The van der Waals surface area contributed by atoms with Crippen LogP contribution in [0.25, 0.3) is 0 Å². The van der Waals surface area contributed by atoms with Crippen LogP contribution >= 0.6 is 0 Å². The monoisotopic (exact) mass is 360 g/mol. The molecule has 0 fully saturated rings. The van der Waals surface area contributed by atoms with E-state index in [2.05, 4.69) is 5.32 Å². The molecule has 6 heteroatoms. The zero-order chi connectivity index (χ0) is 18.6. The number of carbonyl (C=O) groups excluding carboxylic acids is 1. The Labute approximate surface area is 149 Å². The minimum atomic E-state index is -3.61. The fourth-order valence-electron chi connectivity index (χ4n) is 2.68. The van der Waals surface area contributed by atoms with Gasteiger partial charge in [-0.25, -0.2) is 8.42 Å². The zero-order valence-electron chi connectivity index (χ0n) is 15.0. The van der Waals surface area contributed by atoms with Gasteiger partial charge in [0.05, 0.1) is 11.9 Å². The highest BCUT2D eigenvalue weighted by atomic mass is 32.2. The number of carbonyl (C=O) groups is 1. The van der Waals surface area contributed by atoms with Crippen LogP contribution < -0.4 is 9.62 Å². The van der Waals surface area contributed by atoms with Crippen LogP contribution in [0.4, 0.5) is 11.4 Å². The molecule has 0 aromatic heterocycles. The summed E-state index contributed by atoms with van der Waals surface area (Å²) in [6.45, 7) is 5.76. The van der Waals surface area contributed by atoms with Gasteiger partial charge in [0.2, 0.25) is 15.9 Å². The van der Waals surface area contributed by atoms with Crippen molar-refractivity contribution in [2.45, 2.75) is 33.2 Å². The number of rotatable bonds is 6. The lowest BCUT2D eigenvalue weighted by atomic mass is 10.1. The number of aryl methyl sites for hydroxylation is 2. The first-order chi connectivity index (χ1) is 11.7. The van der Waals surface area contributed by atoms with E-state index in [0.717, 1.165) is 17.4 Å². The molecule has 134 valence electrons. The predicted molar refractivity (Wildman–Crippen MR) is 102 cm³/mol. The fourth-order valence-corrected chi connectivity index (χ4v) is 3.89. The van der Waals surface area contributed by atoms with Crippen molar-refractivity contribution >= 4 is 27.3 Å². The van der Waals surface area contributed by atoms with Gasteiger partial charge in [-0.05, 0) is 55.7 Å². The van der Waals surface area contributed by atoms with Crippen LogP contribution in [0, 0.1) is 13.8 Å². The Morgan fingerprint density at radius 2 is 1.72 bits per heavy atom. The molecule has 25 heavy (non-hydrogen) atoms. The molecule has 2 rings (SSSR count). The molecule has 1 unspecified atom stereocenters. The maximum atomic E-state index is 12.8. The quantitative estimate of drug-likeness (QED) is 0.857. The summed E-state index contributed by atoms with van der Waals surface area (Å²) in [4.78, 5) is 12.8. The average Bonchev–Trinajstić information content (AvgIpc) is 2.55. The SMILES string of the molecule is CCC(C(=O)Nc1ccc(C)c(C)c1)N(c1ccccc1)S(C)(=O)=O. The van der Waals surface area contributed by atoms with Crippen molar-refractivity contribution in [3.8, 4) is 0 Å². The second kappa shape index (κ2) is 7.70. The molecule has 0 aliphatic carbocycles. The van der Waals surface area contributed by atoms with Gasteiger partial charge < -0.3 is 5.32 Å². The van der Waals surface area contributed by atoms with Gasteiger partial charge in [-0.3, -0.25) is 9.10 Å². The van der Waals surface area contributed by atoms with Crippen molar-refractivity contribution in [1.29, 1.82) is 0 Å². The average molecular weight is 360 g/mol. The highest BCUT2D eigenvalue weighted by Gasteiger charge is 2.31. The summed E-state index contributed by atoms with van der Waals surface area (Å²) < 4.78 is 25.9. The van der Waals surface area contributed by atoms with Crippen LogP contribution in [-0.4, -0.2) is 26.6 Å². The molecule has 2 aromatic rings. The highest BCUT2D eigenvalue weighted by molar-refractivity contribution is 7.92. The molecule has 0 aliphatic heterocycles. The standard InChI is InChI=1S/C19H24N2O3S/c1-5-18(19(22)20-16-12-11-14(2)15(3)13-16)21(25(4,23)24)17-9-7-6-8-10-17/h6-13,18H,5H2,1-4H3,(H,20,22). The molecule has 5 nitrogen and oxygen atoms in total. The third-order valence-corrected chi connectivity index (χ3v) is 5.29. The van der Waals surface area contributed by atoms with E-state index in [0.29, 0.717) is 17.8 Å². The lowest BCUT2D eigenvalue weighted by Gasteiger charge is -2.30. The van der Waals surface area contributed by atoms with E-state index in [1.807, 2.05) is 32.0 Å². The number of hydrogen-bond donors (Lipinski definition) is 1. The Morgan fingerprint density at radius 1 is 1.08 bits per heavy atom. The molecular weight excluding hydrogens is 336 g/mol. The molecule has 0 aliphatic rings. The third kappa shape index (κ3) is 4.60. The second-order valence-corrected chi connectivity index (χ2v) is 7.97. The highest BCUT2D eigenvalue weighted by Crippen LogP contribution is 2.23. The van der Waals surface area contributed by atoms with Gasteiger partial charge >= 0.3 is 0 Å². The number of para-hydroxylation sites is 1. The Bertz CT molecular complexity index is 848. The molecule has 0 bridgehead atoms. The van der Waals surface area contributed by atoms with Crippen molar-refractivity contribution < 1.29 is 13.2 Å². The van der Waals surface area contributed by atoms with Gasteiger partial charge in [0.1, 0.15) is 6.04 Å². The van der Waals surface area contributed by atoms with E-state index in [-0.39, 0.29) is 5.91 Å². The van der Waals surface area contributed by atoms with Crippen LogP contribution in [0.15, 0.2) is 48.5 Å². The third-order valence-electron chi connectivity index (χ3n) is 4.11. The normalized spacial score (nSPS) is 12.5. The summed E-state index contributed by atoms with van der Waals surface area (Å²) in [7, 11) is -3.61. The molecule has 0 radical (unpaired) electrons.